The number of hydrogen-bond donors (Lipinski definition) is 3. The lowest BCUT2D eigenvalue weighted by molar-refractivity contribution is -0.150. The number of amides is 3. The first-order valence-electron chi connectivity index (χ1n) is 10.8. The third kappa shape index (κ3) is 7.88. The smallest absolute Gasteiger partial charge is 0.413 e. The van der Waals surface area contributed by atoms with E-state index in [1.165, 1.54) is 24.1 Å². The number of esters is 1. The average Bonchev–Trinajstić information content (AvgIpc) is 3.31. The Morgan fingerprint density at radius 3 is 2.62 bits per heavy atom. The van der Waals surface area contributed by atoms with E-state index >= 15 is 0 Å². The zero-order chi connectivity index (χ0) is 28.9. The molecular weight excluding hydrogens is 625 g/mol. The van der Waals surface area contributed by atoms with Crippen molar-refractivity contribution in [1.82, 2.24) is 15.2 Å². The number of thioether (sulfide) groups is 1. The molecule has 2 aliphatic rings. The standard InChI is InChI=1S/C20H20Cl3N5O9S2/c1-3-37-27-11(10-6-39-18(24-10)26-19(34)36-7-20(21,22)23)14(30)25-12-15(31)28-13(17(32)33)9(4-35-8(2)29)5-38-16(12)28/h6,12,16H,3-5,7H2,1-2H3,(H,25,30)(H,32,33)(H,24,26,34)/t12-,16+/m0/s1. The number of carbonyl (C=O) groups excluding carboxylic acids is 4. The van der Waals surface area contributed by atoms with Crippen LogP contribution in [-0.2, 0) is 33.5 Å². The van der Waals surface area contributed by atoms with Gasteiger partial charge in [0.05, 0.1) is 0 Å². The van der Waals surface area contributed by atoms with Crippen molar-refractivity contribution in [3.8, 4) is 0 Å². The number of nitrogens with one attached hydrogen (secondary N) is 2. The van der Waals surface area contributed by atoms with Gasteiger partial charge in [-0.2, -0.15) is 0 Å². The van der Waals surface area contributed by atoms with Gasteiger partial charge >= 0.3 is 18.0 Å². The van der Waals surface area contributed by atoms with Gasteiger partial charge in [0, 0.05) is 23.6 Å². The molecule has 0 bridgehead atoms. The third-order valence-electron chi connectivity index (χ3n) is 4.81. The molecule has 3 N–H and O–H groups in total. The van der Waals surface area contributed by atoms with Gasteiger partial charge in [-0.05, 0) is 6.92 Å². The molecule has 39 heavy (non-hydrogen) atoms. The van der Waals surface area contributed by atoms with Crippen molar-refractivity contribution < 1.29 is 43.4 Å². The number of halogens is 3. The summed E-state index contributed by atoms with van der Waals surface area (Å²) >= 11 is 18.7. The number of carboxylic acid groups (broad SMARTS) is 1. The molecule has 0 spiro atoms. The average molecular weight is 645 g/mol. The van der Waals surface area contributed by atoms with Gasteiger partial charge in [-0.1, -0.05) is 40.0 Å². The number of β-lactam (4-membered cyclic amide) rings is 1. The van der Waals surface area contributed by atoms with Crippen molar-refractivity contribution in [2.45, 2.75) is 29.1 Å². The minimum atomic E-state index is -1.81. The SMILES string of the molecule is CCON=C(C(=O)N[C@H]1C(=O)N2C(C(=O)O)=C(COC(C)=O)CS[C@H]12)c1csc(NC(=O)OCC(Cl)(Cl)Cl)n1. The molecule has 2 aliphatic heterocycles. The molecule has 0 saturated carbocycles. The van der Waals surface area contributed by atoms with Gasteiger partial charge in [0.1, 0.15) is 42.6 Å². The lowest BCUT2D eigenvalue weighted by Crippen LogP contribution is -2.71. The Morgan fingerprint density at radius 1 is 1.28 bits per heavy atom. The van der Waals surface area contributed by atoms with E-state index in [1.807, 2.05) is 0 Å². The largest absolute Gasteiger partial charge is 0.477 e. The number of aliphatic carboxylic acids is 1. The van der Waals surface area contributed by atoms with E-state index in [1.54, 1.807) is 6.92 Å². The molecule has 3 rings (SSSR count). The molecule has 0 radical (unpaired) electrons. The van der Waals surface area contributed by atoms with Crippen molar-refractivity contribution in [3.63, 3.8) is 0 Å². The number of fused-ring (bicyclic) bond motifs is 1. The topological polar surface area (TPSA) is 186 Å². The Balaban J connectivity index is 1.71. The number of alkyl halides is 3. The van der Waals surface area contributed by atoms with Crippen LogP contribution in [0.5, 0.6) is 0 Å². The molecule has 0 aromatic carbocycles. The summed E-state index contributed by atoms with van der Waals surface area (Å²) in [6, 6.07) is -1.08. The summed E-state index contributed by atoms with van der Waals surface area (Å²) in [4.78, 5) is 71.0. The van der Waals surface area contributed by atoms with E-state index < -0.39 is 51.7 Å². The molecule has 3 amide bonds. The predicted molar refractivity (Wildman–Crippen MR) is 142 cm³/mol. The Labute approximate surface area is 243 Å². The van der Waals surface area contributed by atoms with E-state index in [2.05, 4.69) is 20.8 Å². The Bertz CT molecular complexity index is 1230. The van der Waals surface area contributed by atoms with Gasteiger partial charge in [-0.25, -0.2) is 14.6 Å². The van der Waals surface area contributed by atoms with Gasteiger partial charge < -0.3 is 24.7 Å². The second kappa shape index (κ2) is 13.0. The van der Waals surface area contributed by atoms with Crippen molar-refractivity contribution in [1.29, 1.82) is 0 Å². The zero-order valence-corrected chi connectivity index (χ0v) is 24.0. The first-order chi connectivity index (χ1) is 18.3. The quantitative estimate of drug-likeness (QED) is 0.111. The summed E-state index contributed by atoms with van der Waals surface area (Å²) in [5.74, 6) is -3.31. The molecule has 1 saturated heterocycles. The maximum absolute atomic E-state index is 13.1. The van der Waals surface area contributed by atoms with Gasteiger partial charge in [0.15, 0.2) is 10.8 Å². The van der Waals surface area contributed by atoms with E-state index in [4.69, 9.17) is 49.1 Å². The summed E-state index contributed by atoms with van der Waals surface area (Å²) in [6.45, 7) is 2.13. The highest BCUT2D eigenvalue weighted by molar-refractivity contribution is 8.00. The lowest BCUT2D eigenvalue weighted by Gasteiger charge is -2.49. The summed E-state index contributed by atoms with van der Waals surface area (Å²) < 4.78 is 7.85. The molecule has 0 aliphatic carbocycles. The number of carbonyl (C=O) groups is 5. The van der Waals surface area contributed by atoms with Crippen LogP contribution in [0.1, 0.15) is 19.5 Å². The van der Waals surface area contributed by atoms with E-state index in [0.29, 0.717) is 0 Å². The van der Waals surface area contributed by atoms with Crippen LogP contribution >= 0.6 is 57.9 Å². The van der Waals surface area contributed by atoms with Crippen LogP contribution < -0.4 is 10.6 Å². The number of thiazole rings is 1. The first kappa shape index (κ1) is 30.7. The number of nitrogens with zero attached hydrogens (tertiary/aromatic N) is 3. The lowest BCUT2D eigenvalue weighted by atomic mass is 10.0. The molecule has 212 valence electrons. The van der Waals surface area contributed by atoms with Gasteiger partial charge in [-0.3, -0.25) is 24.6 Å². The predicted octanol–water partition coefficient (Wildman–Crippen LogP) is 2.10. The monoisotopic (exact) mass is 643 g/mol. The zero-order valence-electron chi connectivity index (χ0n) is 20.1. The summed E-state index contributed by atoms with van der Waals surface area (Å²) in [5.41, 5.74) is -0.328. The Kier molecular flexibility index (Phi) is 10.3. The van der Waals surface area contributed by atoms with E-state index in [-0.39, 0.29) is 46.8 Å². The van der Waals surface area contributed by atoms with Crippen molar-refractivity contribution in [2.24, 2.45) is 5.16 Å². The highest BCUT2D eigenvalue weighted by atomic mass is 35.6. The molecular formula is C20H20Cl3N5O9S2. The number of anilines is 1. The molecule has 19 heteroatoms. The second-order valence-electron chi connectivity index (χ2n) is 7.61. The number of rotatable bonds is 10. The molecule has 1 fully saturated rings. The van der Waals surface area contributed by atoms with Crippen molar-refractivity contribution in [3.05, 3.63) is 22.3 Å². The first-order valence-corrected chi connectivity index (χ1v) is 13.9. The fourth-order valence-electron chi connectivity index (χ4n) is 3.24. The van der Waals surface area contributed by atoms with Crippen LogP contribution in [0.15, 0.2) is 21.8 Å². The number of aromatic nitrogens is 1. The summed E-state index contributed by atoms with van der Waals surface area (Å²) in [5, 5.41) is 19.0. The number of oxime groups is 1. The molecule has 3 heterocycles. The van der Waals surface area contributed by atoms with Crippen LogP contribution in [-0.4, -0.2) is 91.3 Å². The minimum Gasteiger partial charge on any atom is -0.477 e. The maximum Gasteiger partial charge on any atom is 0.413 e. The third-order valence-corrected chi connectivity index (χ3v) is 7.23. The summed E-state index contributed by atoms with van der Waals surface area (Å²) in [7, 11) is 0. The van der Waals surface area contributed by atoms with Crippen molar-refractivity contribution in [2.75, 3.05) is 30.9 Å². The second-order valence-corrected chi connectivity index (χ2v) is 12.1. The molecule has 2 atom stereocenters. The van der Waals surface area contributed by atoms with Crippen LogP contribution in [0.3, 0.4) is 0 Å². The normalized spacial score (nSPS) is 19.1. The van der Waals surface area contributed by atoms with Crippen LogP contribution in [0.4, 0.5) is 9.93 Å². The maximum atomic E-state index is 13.1. The highest BCUT2D eigenvalue weighted by Crippen LogP contribution is 2.40. The minimum absolute atomic E-state index is 0.0114. The van der Waals surface area contributed by atoms with E-state index in [0.717, 1.165) is 16.2 Å². The van der Waals surface area contributed by atoms with E-state index in [9.17, 15) is 29.1 Å². The van der Waals surface area contributed by atoms with Gasteiger partial charge in [0.25, 0.3) is 11.8 Å². The fourth-order valence-corrected chi connectivity index (χ4v) is 5.41. The molecule has 1 aromatic heterocycles. The molecule has 0 unspecified atom stereocenters. The molecule has 14 nitrogen and oxygen atoms in total. The van der Waals surface area contributed by atoms with Crippen molar-refractivity contribution >= 4 is 98.6 Å². The van der Waals surface area contributed by atoms with Crippen LogP contribution in [0.2, 0.25) is 0 Å². The van der Waals surface area contributed by atoms with Gasteiger partial charge in [0.2, 0.25) is 3.79 Å². The number of ether oxygens (including phenoxy) is 2. The van der Waals surface area contributed by atoms with Gasteiger partial charge in [-0.15, -0.1) is 23.1 Å². The Morgan fingerprint density at radius 2 is 2.00 bits per heavy atom. The number of hydrogen-bond acceptors (Lipinski definition) is 12. The van der Waals surface area contributed by atoms with Crippen LogP contribution in [0, 0.1) is 0 Å². The van der Waals surface area contributed by atoms with Crippen LogP contribution in [0.25, 0.3) is 0 Å². The highest BCUT2D eigenvalue weighted by Gasteiger charge is 2.54. The molecule has 1 aromatic rings. The Hall–Kier alpha value is -2.79. The summed E-state index contributed by atoms with van der Waals surface area (Å²) in [6.07, 6.45) is -0.959. The fraction of sp³-hybridized carbons (Fsp3) is 0.450. The number of carboxylic acids is 1.